The van der Waals surface area contributed by atoms with Gasteiger partial charge in [-0.3, -0.25) is 0 Å². The summed E-state index contributed by atoms with van der Waals surface area (Å²) in [6.45, 7) is 2.10. The molecule has 0 bridgehead atoms. The summed E-state index contributed by atoms with van der Waals surface area (Å²) >= 11 is 1.56. The molecule has 1 aromatic heterocycles. The van der Waals surface area contributed by atoms with E-state index in [1.54, 1.807) is 11.3 Å². The first kappa shape index (κ1) is 15.8. The van der Waals surface area contributed by atoms with Crippen molar-refractivity contribution >= 4 is 23.3 Å². The Morgan fingerprint density at radius 2 is 2.33 bits per heavy atom. The van der Waals surface area contributed by atoms with Gasteiger partial charge in [-0.25, -0.2) is 9.59 Å². The average molecular weight is 312 g/mol. The number of likely N-dealkylation sites (tertiary alicyclic amines) is 1. The summed E-state index contributed by atoms with van der Waals surface area (Å²) in [4.78, 5) is 25.8. The number of thiophene rings is 1. The average Bonchev–Trinajstić information content (AvgIpc) is 3.06. The van der Waals surface area contributed by atoms with Crippen molar-refractivity contribution < 1.29 is 19.8 Å². The molecule has 3 atom stereocenters. The van der Waals surface area contributed by atoms with Gasteiger partial charge >= 0.3 is 12.0 Å². The van der Waals surface area contributed by atoms with Crippen molar-refractivity contribution in [1.29, 1.82) is 0 Å². The number of β-amino-alcohol motifs (C(OH)–C–C–N with tert-alkyl or cyclic N) is 1. The summed E-state index contributed by atoms with van der Waals surface area (Å²) in [5.74, 6) is -1.08. The molecular formula is C14H20N2O4S. The van der Waals surface area contributed by atoms with E-state index >= 15 is 0 Å². The van der Waals surface area contributed by atoms with Crippen molar-refractivity contribution in [3.05, 3.63) is 22.4 Å². The molecule has 2 rings (SSSR count). The number of nitrogens with one attached hydrogen (secondary N) is 1. The van der Waals surface area contributed by atoms with Crippen LogP contribution in [0.5, 0.6) is 0 Å². The molecule has 1 unspecified atom stereocenters. The lowest BCUT2D eigenvalue weighted by Crippen LogP contribution is -2.47. The van der Waals surface area contributed by atoms with Crippen LogP contribution in [0.4, 0.5) is 4.79 Å². The van der Waals surface area contributed by atoms with Gasteiger partial charge in [0.2, 0.25) is 0 Å². The monoisotopic (exact) mass is 312 g/mol. The number of carboxylic acid groups (broad SMARTS) is 1. The molecule has 116 valence electrons. The van der Waals surface area contributed by atoms with Gasteiger partial charge in [0.25, 0.3) is 0 Å². The highest BCUT2D eigenvalue weighted by atomic mass is 32.1. The number of rotatable bonds is 5. The van der Waals surface area contributed by atoms with Gasteiger partial charge in [0.1, 0.15) is 6.04 Å². The molecule has 3 N–H and O–H groups in total. The van der Waals surface area contributed by atoms with Crippen LogP contribution in [-0.4, -0.2) is 45.8 Å². The number of urea groups is 1. The second-order valence-electron chi connectivity index (χ2n) is 5.20. The van der Waals surface area contributed by atoms with E-state index in [2.05, 4.69) is 5.32 Å². The SMILES string of the molecule is CCCC(NC(=O)N1C[C@H](O)C[C@@H]1C(=O)O)c1cccs1. The van der Waals surface area contributed by atoms with Crippen LogP contribution in [0.25, 0.3) is 0 Å². The number of hydrogen-bond acceptors (Lipinski definition) is 4. The third kappa shape index (κ3) is 3.74. The van der Waals surface area contributed by atoms with Crippen LogP contribution < -0.4 is 5.32 Å². The van der Waals surface area contributed by atoms with Crippen LogP contribution in [0.1, 0.15) is 37.1 Å². The molecule has 21 heavy (non-hydrogen) atoms. The van der Waals surface area contributed by atoms with E-state index in [0.29, 0.717) is 0 Å². The van der Waals surface area contributed by atoms with Gasteiger partial charge in [-0.05, 0) is 17.9 Å². The van der Waals surface area contributed by atoms with E-state index in [0.717, 1.165) is 17.7 Å². The van der Waals surface area contributed by atoms with Gasteiger partial charge in [-0.15, -0.1) is 11.3 Å². The fourth-order valence-electron chi connectivity index (χ4n) is 2.57. The van der Waals surface area contributed by atoms with Crippen LogP contribution in [0.3, 0.4) is 0 Å². The van der Waals surface area contributed by atoms with E-state index in [9.17, 15) is 14.7 Å². The first-order valence-electron chi connectivity index (χ1n) is 7.04. The highest BCUT2D eigenvalue weighted by molar-refractivity contribution is 7.10. The molecule has 1 aromatic rings. The van der Waals surface area contributed by atoms with Gasteiger partial charge in [0, 0.05) is 17.8 Å². The minimum Gasteiger partial charge on any atom is -0.480 e. The van der Waals surface area contributed by atoms with Gasteiger partial charge in [-0.1, -0.05) is 19.4 Å². The van der Waals surface area contributed by atoms with E-state index in [-0.39, 0.29) is 19.0 Å². The molecule has 1 fully saturated rings. The number of nitrogens with zero attached hydrogens (tertiary/aromatic N) is 1. The van der Waals surface area contributed by atoms with Crippen molar-refractivity contribution in [3.8, 4) is 0 Å². The van der Waals surface area contributed by atoms with Crippen LogP contribution in [-0.2, 0) is 4.79 Å². The van der Waals surface area contributed by atoms with Gasteiger partial charge < -0.3 is 20.4 Å². The summed E-state index contributed by atoms with van der Waals surface area (Å²) in [6.07, 6.45) is 1.01. The number of amides is 2. The molecule has 1 aliphatic rings. The Bertz CT molecular complexity index is 491. The number of carbonyl (C=O) groups excluding carboxylic acids is 1. The first-order valence-corrected chi connectivity index (χ1v) is 7.92. The lowest BCUT2D eigenvalue weighted by atomic mass is 10.1. The number of carboxylic acids is 1. The maximum Gasteiger partial charge on any atom is 0.326 e. The van der Waals surface area contributed by atoms with Gasteiger partial charge in [0.15, 0.2) is 0 Å². The number of aliphatic hydroxyl groups excluding tert-OH is 1. The summed E-state index contributed by atoms with van der Waals surface area (Å²) < 4.78 is 0. The maximum absolute atomic E-state index is 12.3. The molecule has 2 heterocycles. The predicted molar refractivity (Wildman–Crippen MR) is 79.3 cm³/mol. The fourth-order valence-corrected chi connectivity index (χ4v) is 3.38. The Balaban J connectivity index is 2.06. The third-order valence-electron chi connectivity index (χ3n) is 3.59. The second kappa shape index (κ2) is 6.91. The van der Waals surface area contributed by atoms with Crippen molar-refractivity contribution in [2.75, 3.05) is 6.54 Å². The minimum atomic E-state index is -1.08. The fraction of sp³-hybridized carbons (Fsp3) is 0.571. The van der Waals surface area contributed by atoms with Crippen molar-refractivity contribution in [1.82, 2.24) is 10.2 Å². The summed E-state index contributed by atoms with van der Waals surface area (Å²) in [5.41, 5.74) is 0. The molecule has 7 heteroatoms. The summed E-state index contributed by atoms with van der Waals surface area (Å²) in [5, 5.41) is 23.6. The number of carbonyl (C=O) groups is 2. The minimum absolute atomic E-state index is 0.0616. The zero-order valence-corrected chi connectivity index (χ0v) is 12.7. The second-order valence-corrected chi connectivity index (χ2v) is 6.18. The van der Waals surface area contributed by atoms with Gasteiger partial charge in [-0.2, -0.15) is 0 Å². The zero-order valence-electron chi connectivity index (χ0n) is 11.9. The van der Waals surface area contributed by atoms with Crippen molar-refractivity contribution in [2.24, 2.45) is 0 Å². The quantitative estimate of drug-likeness (QED) is 0.773. The molecule has 0 saturated carbocycles. The number of hydrogen-bond donors (Lipinski definition) is 3. The molecule has 6 nitrogen and oxygen atoms in total. The topological polar surface area (TPSA) is 89.9 Å². The Labute approximate surface area is 127 Å². The Morgan fingerprint density at radius 1 is 1.57 bits per heavy atom. The lowest BCUT2D eigenvalue weighted by Gasteiger charge is -2.25. The Kier molecular flexibility index (Phi) is 5.19. The molecule has 1 saturated heterocycles. The molecule has 1 aliphatic heterocycles. The lowest BCUT2D eigenvalue weighted by molar-refractivity contribution is -0.141. The highest BCUT2D eigenvalue weighted by Gasteiger charge is 2.39. The van der Waals surface area contributed by atoms with Crippen LogP contribution >= 0.6 is 11.3 Å². The first-order chi connectivity index (χ1) is 10.0. The van der Waals surface area contributed by atoms with E-state index in [1.807, 2.05) is 24.4 Å². The highest BCUT2D eigenvalue weighted by Crippen LogP contribution is 2.25. The maximum atomic E-state index is 12.3. The van der Waals surface area contributed by atoms with E-state index in [1.165, 1.54) is 4.90 Å². The van der Waals surface area contributed by atoms with Crippen LogP contribution in [0.15, 0.2) is 17.5 Å². The van der Waals surface area contributed by atoms with Gasteiger partial charge in [0.05, 0.1) is 12.1 Å². The Hall–Kier alpha value is -1.60. The van der Waals surface area contributed by atoms with Crippen molar-refractivity contribution in [2.45, 2.75) is 44.4 Å². The smallest absolute Gasteiger partial charge is 0.326 e. The molecule has 0 spiro atoms. The number of aliphatic hydroxyl groups is 1. The predicted octanol–water partition coefficient (Wildman–Crippen LogP) is 1.82. The normalized spacial score (nSPS) is 23.0. The number of aliphatic carboxylic acids is 1. The van der Waals surface area contributed by atoms with Crippen molar-refractivity contribution in [3.63, 3.8) is 0 Å². The molecule has 0 aliphatic carbocycles. The summed E-state index contributed by atoms with van der Waals surface area (Å²) in [6, 6.07) is 2.39. The zero-order chi connectivity index (χ0) is 15.4. The molecular weight excluding hydrogens is 292 g/mol. The standard InChI is InChI=1S/C14H20N2O4S/c1-2-4-10(12-5-3-6-21-12)15-14(20)16-8-9(17)7-11(16)13(18)19/h3,5-6,9-11,17H,2,4,7-8H2,1H3,(H,15,20)(H,18,19)/t9-,10?,11-/m1/s1. The molecule has 2 amide bonds. The van der Waals surface area contributed by atoms with Crippen LogP contribution in [0.2, 0.25) is 0 Å². The Morgan fingerprint density at radius 3 is 2.90 bits per heavy atom. The largest absolute Gasteiger partial charge is 0.480 e. The van der Waals surface area contributed by atoms with E-state index < -0.39 is 24.1 Å². The molecule has 0 aromatic carbocycles. The summed E-state index contributed by atoms with van der Waals surface area (Å²) in [7, 11) is 0. The third-order valence-corrected chi connectivity index (χ3v) is 4.57. The molecule has 0 radical (unpaired) electrons. The van der Waals surface area contributed by atoms with Crippen LogP contribution in [0, 0.1) is 0 Å². The van der Waals surface area contributed by atoms with E-state index in [4.69, 9.17) is 5.11 Å².